The van der Waals surface area contributed by atoms with Crippen molar-refractivity contribution in [3.8, 4) is 0 Å². The van der Waals surface area contributed by atoms with Gasteiger partial charge in [-0.1, -0.05) is 52.1 Å². The molecule has 1 aliphatic rings. The van der Waals surface area contributed by atoms with Crippen LogP contribution in [0.4, 0.5) is 13.2 Å². The predicted molar refractivity (Wildman–Crippen MR) is 102 cm³/mol. The Bertz CT molecular complexity index is 894. The molecule has 0 amide bonds. The summed E-state index contributed by atoms with van der Waals surface area (Å²) in [5.74, 6) is 0. The SMILES string of the molecule is CC(Cl)c1ccc(C2=NOC(c3cc(Cl)cc(Cl)c3)(C(F)(F)F)C2)cc1Cl. The lowest BCUT2D eigenvalue weighted by Crippen LogP contribution is -2.42. The Morgan fingerprint density at radius 2 is 1.70 bits per heavy atom. The summed E-state index contributed by atoms with van der Waals surface area (Å²) in [7, 11) is 0. The smallest absolute Gasteiger partial charge is 0.374 e. The molecule has 2 aromatic carbocycles. The van der Waals surface area contributed by atoms with E-state index in [2.05, 4.69) is 5.16 Å². The summed E-state index contributed by atoms with van der Waals surface area (Å²) in [6.07, 6.45) is -5.29. The van der Waals surface area contributed by atoms with Crippen LogP contribution in [-0.4, -0.2) is 11.9 Å². The second-order valence-corrected chi connectivity index (χ2v) is 8.08. The molecule has 2 aromatic rings. The molecule has 144 valence electrons. The second kappa shape index (κ2) is 7.36. The molecule has 0 radical (unpaired) electrons. The Balaban J connectivity index is 2.01. The lowest BCUT2D eigenvalue weighted by Gasteiger charge is -2.29. The van der Waals surface area contributed by atoms with Crippen molar-refractivity contribution in [3.05, 3.63) is 68.2 Å². The quantitative estimate of drug-likeness (QED) is 0.437. The van der Waals surface area contributed by atoms with E-state index in [1.54, 1.807) is 19.1 Å². The molecular weight excluding hydrogens is 445 g/mol. The van der Waals surface area contributed by atoms with Gasteiger partial charge in [-0.25, -0.2) is 0 Å². The minimum Gasteiger partial charge on any atom is -0.374 e. The zero-order chi connectivity index (χ0) is 20.0. The number of hydrogen-bond donors (Lipinski definition) is 0. The molecule has 27 heavy (non-hydrogen) atoms. The highest BCUT2D eigenvalue weighted by Crippen LogP contribution is 2.49. The van der Waals surface area contributed by atoms with E-state index < -0.39 is 18.2 Å². The summed E-state index contributed by atoms with van der Waals surface area (Å²) >= 11 is 24.0. The molecule has 1 heterocycles. The molecule has 3 rings (SSSR count). The van der Waals surface area contributed by atoms with Crippen LogP contribution in [-0.2, 0) is 10.4 Å². The number of rotatable bonds is 3. The van der Waals surface area contributed by atoms with E-state index in [-0.39, 0.29) is 26.7 Å². The van der Waals surface area contributed by atoms with Gasteiger partial charge < -0.3 is 4.84 Å². The topological polar surface area (TPSA) is 21.6 Å². The number of alkyl halides is 4. The van der Waals surface area contributed by atoms with Crippen molar-refractivity contribution in [3.63, 3.8) is 0 Å². The van der Waals surface area contributed by atoms with Crippen molar-refractivity contribution < 1.29 is 18.0 Å². The van der Waals surface area contributed by atoms with Crippen LogP contribution >= 0.6 is 46.4 Å². The van der Waals surface area contributed by atoms with E-state index in [0.717, 1.165) is 0 Å². The molecule has 0 spiro atoms. The third-order valence-corrected chi connectivity index (χ3v) is 5.28. The van der Waals surface area contributed by atoms with E-state index in [4.69, 9.17) is 51.2 Å². The van der Waals surface area contributed by atoms with Crippen molar-refractivity contribution in [1.82, 2.24) is 0 Å². The number of oxime groups is 1. The van der Waals surface area contributed by atoms with Crippen LogP contribution in [0.15, 0.2) is 41.6 Å². The van der Waals surface area contributed by atoms with Gasteiger partial charge in [0.05, 0.1) is 11.1 Å². The second-order valence-electron chi connectivity index (χ2n) is 6.14. The van der Waals surface area contributed by atoms with Crippen molar-refractivity contribution in [2.45, 2.75) is 30.5 Å². The fourth-order valence-corrected chi connectivity index (χ4v) is 3.99. The average Bonchev–Trinajstić information content (AvgIpc) is 3.00. The molecule has 2 atom stereocenters. The minimum atomic E-state index is -4.75. The van der Waals surface area contributed by atoms with Crippen molar-refractivity contribution >= 4 is 52.1 Å². The molecular formula is C18H12Cl4F3NO. The lowest BCUT2D eigenvalue weighted by atomic mass is 9.86. The number of hydrogen-bond acceptors (Lipinski definition) is 2. The largest absolute Gasteiger partial charge is 0.435 e. The summed E-state index contributed by atoms with van der Waals surface area (Å²) in [4.78, 5) is 4.96. The molecule has 0 N–H and O–H groups in total. The third kappa shape index (κ3) is 3.88. The van der Waals surface area contributed by atoms with Crippen LogP contribution in [0.5, 0.6) is 0 Å². The van der Waals surface area contributed by atoms with Crippen LogP contribution in [0.1, 0.15) is 35.4 Å². The van der Waals surface area contributed by atoms with Gasteiger partial charge in [0.2, 0.25) is 0 Å². The van der Waals surface area contributed by atoms with Gasteiger partial charge in [-0.15, -0.1) is 11.6 Å². The van der Waals surface area contributed by atoms with Crippen LogP contribution in [0.2, 0.25) is 15.1 Å². The lowest BCUT2D eigenvalue weighted by molar-refractivity contribution is -0.275. The van der Waals surface area contributed by atoms with E-state index in [1.807, 2.05) is 0 Å². The van der Waals surface area contributed by atoms with Gasteiger partial charge in [0.1, 0.15) is 0 Å². The van der Waals surface area contributed by atoms with Crippen LogP contribution in [0.25, 0.3) is 0 Å². The summed E-state index contributed by atoms with van der Waals surface area (Å²) in [5, 5.41) is 3.84. The zero-order valence-electron chi connectivity index (χ0n) is 13.7. The molecule has 0 aromatic heterocycles. The van der Waals surface area contributed by atoms with Gasteiger partial charge >= 0.3 is 6.18 Å². The third-order valence-electron chi connectivity index (χ3n) is 4.28. The van der Waals surface area contributed by atoms with E-state index in [0.29, 0.717) is 16.1 Å². The molecule has 0 saturated carbocycles. The van der Waals surface area contributed by atoms with Gasteiger partial charge in [0.15, 0.2) is 0 Å². The fourth-order valence-electron chi connectivity index (χ4n) is 2.87. The Morgan fingerprint density at radius 1 is 1.07 bits per heavy atom. The summed E-state index contributed by atoms with van der Waals surface area (Å²) in [6, 6.07) is 8.48. The van der Waals surface area contributed by atoms with Crippen LogP contribution in [0, 0.1) is 0 Å². The molecule has 2 unspecified atom stereocenters. The maximum absolute atomic E-state index is 14.0. The highest BCUT2D eigenvalue weighted by atomic mass is 35.5. The molecule has 1 aliphatic heterocycles. The van der Waals surface area contributed by atoms with Crippen LogP contribution in [0.3, 0.4) is 0 Å². The van der Waals surface area contributed by atoms with Crippen molar-refractivity contribution in [2.24, 2.45) is 5.16 Å². The highest BCUT2D eigenvalue weighted by molar-refractivity contribution is 6.34. The summed E-state index contributed by atoms with van der Waals surface area (Å²) in [5.41, 5.74) is -1.70. The predicted octanol–water partition coefficient (Wildman–Crippen LogP) is 7.53. The summed E-state index contributed by atoms with van der Waals surface area (Å²) < 4.78 is 41.9. The molecule has 0 fully saturated rings. The Kier molecular flexibility index (Phi) is 5.61. The standard InChI is InChI=1S/C18H12Cl4F3NO/c1-9(19)14-3-2-10(4-15(14)22)16-8-17(27-26-16,18(23,24)25)11-5-12(20)7-13(21)6-11/h2-7,9H,8H2,1H3. The van der Waals surface area contributed by atoms with Gasteiger partial charge in [-0.05, 0) is 36.8 Å². The Hall–Kier alpha value is -1.14. The Labute approximate surface area is 173 Å². The maximum atomic E-state index is 14.0. The van der Waals surface area contributed by atoms with E-state index >= 15 is 0 Å². The number of benzene rings is 2. The van der Waals surface area contributed by atoms with Crippen LogP contribution < -0.4 is 0 Å². The van der Waals surface area contributed by atoms with E-state index in [9.17, 15) is 13.2 Å². The molecule has 9 heteroatoms. The number of halogens is 7. The molecule has 0 aliphatic carbocycles. The molecule has 0 bridgehead atoms. The monoisotopic (exact) mass is 455 g/mol. The summed E-state index contributed by atoms with van der Waals surface area (Å²) in [6.45, 7) is 1.75. The van der Waals surface area contributed by atoms with Gasteiger partial charge in [-0.2, -0.15) is 13.2 Å². The molecule has 0 saturated heterocycles. The number of nitrogens with zero attached hydrogens (tertiary/aromatic N) is 1. The Morgan fingerprint density at radius 3 is 2.22 bits per heavy atom. The zero-order valence-corrected chi connectivity index (χ0v) is 16.8. The van der Waals surface area contributed by atoms with Gasteiger partial charge in [0.25, 0.3) is 5.60 Å². The maximum Gasteiger partial charge on any atom is 0.435 e. The minimum absolute atomic E-state index is 0.0710. The first-order valence-electron chi connectivity index (χ1n) is 7.76. The first-order chi connectivity index (χ1) is 12.5. The van der Waals surface area contributed by atoms with Crippen molar-refractivity contribution in [1.29, 1.82) is 0 Å². The normalized spacial score (nSPS) is 21.0. The first kappa shape index (κ1) is 20.6. The van der Waals surface area contributed by atoms with E-state index in [1.165, 1.54) is 24.3 Å². The highest BCUT2D eigenvalue weighted by Gasteiger charge is 2.62. The fraction of sp³-hybridized carbons (Fsp3) is 0.278. The average molecular weight is 457 g/mol. The first-order valence-corrected chi connectivity index (χ1v) is 9.33. The van der Waals surface area contributed by atoms with Gasteiger partial charge in [0, 0.05) is 32.6 Å². The van der Waals surface area contributed by atoms with Crippen molar-refractivity contribution in [2.75, 3.05) is 0 Å². The molecule has 2 nitrogen and oxygen atoms in total. The van der Waals surface area contributed by atoms with Gasteiger partial charge in [-0.3, -0.25) is 0 Å².